The number of fused-ring (bicyclic) bond motifs is 2. The monoisotopic (exact) mass is 325 g/mol. The maximum atomic E-state index is 6.30. The molecule has 3 heteroatoms. The van der Waals surface area contributed by atoms with Crippen molar-refractivity contribution in [2.45, 2.75) is 70.1 Å². The van der Waals surface area contributed by atoms with E-state index in [1.807, 2.05) is 0 Å². The van der Waals surface area contributed by atoms with E-state index >= 15 is 0 Å². The summed E-state index contributed by atoms with van der Waals surface area (Å²) in [4.78, 5) is 7.34. The van der Waals surface area contributed by atoms with E-state index in [4.69, 9.17) is 10.7 Å². The second-order valence-corrected chi connectivity index (χ2v) is 7.93. The zero-order chi connectivity index (χ0) is 16.6. The van der Waals surface area contributed by atoms with Gasteiger partial charge in [-0.1, -0.05) is 19.4 Å². The van der Waals surface area contributed by atoms with Gasteiger partial charge in [0.1, 0.15) is 5.84 Å². The number of aliphatic imine (C=N–C) groups is 1. The summed E-state index contributed by atoms with van der Waals surface area (Å²) in [6, 6.07) is 4.79. The summed E-state index contributed by atoms with van der Waals surface area (Å²) in [5.74, 6) is 0.872. The minimum absolute atomic E-state index is 0.103. The molecule has 2 N–H and O–H groups in total. The first-order chi connectivity index (χ1) is 11.7. The molecule has 2 fully saturated rings. The Bertz CT molecular complexity index is 637. The highest BCUT2D eigenvalue weighted by Crippen LogP contribution is 2.52. The van der Waals surface area contributed by atoms with Crippen LogP contribution in [0.3, 0.4) is 0 Å². The molecule has 2 heterocycles. The number of likely N-dealkylation sites (tertiary alicyclic amines) is 1. The summed E-state index contributed by atoms with van der Waals surface area (Å²) in [5, 5.41) is 0. The fourth-order valence-corrected chi connectivity index (χ4v) is 4.80. The number of benzene rings is 1. The predicted molar refractivity (Wildman–Crippen MR) is 101 cm³/mol. The molecule has 130 valence electrons. The lowest BCUT2D eigenvalue weighted by Gasteiger charge is -2.39. The zero-order valence-electron chi connectivity index (χ0n) is 15.1. The van der Waals surface area contributed by atoms with Crippen LogP contribution in [0.5, 0.6) is 0 Å². The van der Waals surface area contributed by atoms with Crippen molar-refractivity contribution in [2.24, 2.45) is 10.7 Å². The van der Waals surface area contributed by atoms with E-state index in [9.17, 15) is 0 Å². The fourth-order valence-electron chi connectivity index (χ4n) is 4.80. The van der Waals surface area contributed by atoms with Crippen LogP contribution in [0.2, 0.25) is 0 Å². The van der Waals surface area contributed by atoms with Gasteiger partial charge in [0, 0.05) is 0 Å². The lowest BCUT2D eigenvalue weighted by atomic mass is 9.64. The van der Waals surface area contributed by atoms with Gasteiger partial charge in [-0.2, -0.15) is 0 Å². The smallest absolute Gasteiger partial charge is 0.110 e. The highest BCUT2D eigenvalue weighted by atomic mass is 15.1. The largest absolute Gasteiger partial charge is 0.386 e. The first-order valence-electron chi connectivity index (χ1n) is 9.96. The van der Waals surface area contributed by atoms with Crippen LogP contribution in [0.25, 0.3) is 0 Å². The lowest BCUT2D eigenvalue weighted by molar-refractivity contribution is 0.330. The quantitative estimate of drug-likeness (QED) is 0.800. The molecule has 0 atom stereocenters. The third-order valence-electron chi connectivity index (χ3n) is 6.52. The minimum Gasteiger partial charge on any atom is -0.386 e. The van der Waals surface area contributed by atoms with Crippen molar-refractivity contribution in [3.63, 3.8) is 0 Å². The van der Waals surface area contributed by atoms with Crippen LogP contribution in [-0.2, 0) is 18.3 Å². The van der Waals surface area contributed by atoms with Gasteiger partial charge >= 0.3 is 0 Å². The standard InChI is InChI=1S/C21H31N3/c1-2-16-15-19-18(21(9-7-10-21)20(22)23-19)14-17(16)8-3-4-11-24-12-5-6-13-24/h14-15H,2-13H2,1H3,(H2,22,23). The van der Waals surface area contributed by atoms with Crippen LogP contribution in [0.15, 0.2) is 17.1 Å². The van der Waals surface area contributed by atoms with Crippen LogP contribution in [0.1, 0.15) is 68.6 Å². The van der Waals surface area contributed by atoms with E-state index in [1.165, 1.54) is 82.1 Å². The van der Waals surface area contributed by atoms with E-state index in [0.717, 1.165) is 17.9 Å². The SMILES string of the molecule is CCc1cc2c(cc1CCCCN1CCCC1)C1(CCC1)C(N)=N2. The van der Waals surface area contributed by atoms with Crippen molar-refractivity contribution in [3.05, 3.63) is 28.8 Å². The summed E-state index contributed by atoms with van der Waals surface area (Å²) in [7, 11) is 0. The Morgan fingerprint density at radius 2 is 1.88 bits per heavy atom. The number of unbranched alkanes of at least 4 members (excludes halogenated alkanes) is 1. The molecule has 1 aromatic carbocycles. The van der Waals surface area contributed by atoms with Gasteiger partial charge in [-0.15, -0.1) is 0 Å². The van der Waals surface area contributed by atoms with Gasteiger partial charge in [0.05, 0.1) is 11.1 Å². The highest BCUT2D eigenvalue weighted by molar-refractivity contribution is 6.00. The molecular weight excluding hydrogens is 294 g/mol. The summed E-state index contributed by atoms with van der Waals surface area (Å²) < 4.78 is 0. The minimum atomic E-state index is 0.103. The Kier molecular flexibility index (Phi) is 4.38. The molecule has 0 amide bonds. The second-order valence-electron chi connectivity index (χ2n) is 7.93. The van der Waals surface area contributed by atoms with Crippen molar-refractivity contribution in [1.29, 1.82) is 0 Å². The molecule has 1 saturated heterocycles. The van der Waals surface area contributed by atoms with E-state index < -0.39 is 0 Å². The topological polar surface area (TPSA) is 41.6 Å². The Labute approximate surface area is 146 Å². The van der Waals surface area contributed by atoms with Crippen LogP contribution < -0.4 is 5.73 Å². The van der Waals surface area contributed by atoms with E-state index in [0.29, 0.717) is 0 Å². The number of aryl methyl sites for hydroxylation is 2. The maximum Gasteiger partial charge on any atom is 0.110 e. The first-order valence-corrected chi connectivity index (χ1v) is 9.96. The lowest BCUT2D eigenvalue weighted by Crippen LogP contribution is -2.44. The highest BCUT2D eigenvalue weighted by Gasteiger charge is 2.47. The van der Waals surface area contributed by atoms with Gasteiger partial charge in [-0.25, -0.2) is 4.99 Å². The van der Waals surface area contributed by atoms with Crippen LogP contribution in [0, 0.1) is 0 Å². The Morgan fingerprint density at radius 1 is 1.08 bits per heavy atom. The number of amidine groups is 1. The molecule has 3 aliphatic rings. The first kappa shape index (κ1) is 16.1. The van der Waals surface area contributed by atoms with Crippen molar-refractivity contribution < 1.29 is 0 Å². The summed E-state index contributed by atoms with van der Waals surface area (Å²) in [5.41, 5.74) is 12.0. The summed E-state index contributed by atoms with van der Waals surface area (Å²) in [6.07, 6.45) is 11.4. The van der Waals surface area contributed by atoms with Crippen LogP contribution >= 0.6 is 0 Å². The molecule has 0 radical (unpaired) electrons. The van der Waals surface area contributed by atoms with Gasteiger partial charge in [0.15, 0.2) is 0 Å². The summed E-state index contributed by atoms with van der Waals surface area (Å²) >= 11 is 0. The van der Waals surface area contributed by atoms with Crippen LogP contribution in [0.4, 0.5) is 5.69 Å². The molecular formula is C21H31N3. The van der Waals surface area contributed by atoms with Crippen molar-refractivity contribution in [1.82, 2.24) is 4.90 Å². The maximum absolute atomic E-state index is 6.30. The van der Waals surface area contributed by atoms with Gasteiger partial charge in [-0.3, -0.25) is 0 Å². The van der Waals surface area contributed by atoms with E-state index in [-0.39, 0.29) is 5.41 Å². The molecule has 0 unspecified atom stereocenters. The molecule has 1 saturated carbocycles. The molecule has 0 aromatic heterocycles. The molecule has 1 aromatic rings. The Balaban J connectivity index is 1.45. The summed E-state index contributed by atoms with van der Waals surface area (Å²) in [6.45, 7) is 6.18. The zero-order valence-corrected chi connectivity index (χ0v) is 15.1. The van der Waals surface area contributed by atoms with Gasteiger partial charge in [-0.05, 0) is 93.8 Å². The van der Waals surface area contributed by atoms with Gasteiger partial charge in [0.2, 0.25) is 0 Å². The predicted octanol–water partition coefficient (Wildman–Crippen LogP) is 4.09. The molecule has 1 aliphatic carbocycles. The van der Waals surface area contributed by atoms with Crippen molar-refractivity contribution in [2.75, 3.05) is 19.6 Å². The normalized spacial score (nSPS) is 21.8. The number of hydrogen-bond donors (Lipinski definition) is 1. The molecule has 0 bridgehead atoms. The molecule has 1 spiro atoms. The molecule has 24 heavy (non-hydrogen) atoms. The van der Waals surface area contributed by atoms with Gasteiger partial charge < -0.3 is 10.6 Å². The Hall–Kier alpha value is -1.35. The van der Waals surface area contributed by atoms with E-state index in [2.05, 4.69) is 24.0 Å². The third-order valence-corrected chi connectivity index (χ3v) is 6.52. The number of rotatable bonds is 6. The van der Waals surface area contributed by atoms with E-state index in [1.54, 1.807) is 5.56 Å². The fraction of sp³-hybridized carbons (Fsp3) is 0.667. The average molecular weight is 326 g/mol. The Morgan fingerprint density at radius 3 is 2.54 bits per heavy atom. The van der Waals surface area contributed by atoms with Crippen molar-refractivity contribution >= 4 is 11.5 Å². The molecule has 2 aliphatic heterocycles. The van der Waals surface area contributed by atoms with Crippen LogP contribution in [-0.4, -0.2) is 30.4 Å². The number of nitrogens with two attached hydrogens (primary N) is 1. The molecule has 4 rings (SSSR count). The molecule has 3 nitrogen and oxygen atoms in total. The van der Waals surface area contributed by atoms with Crippen molar-refractivity contribution in [3.8, 4) is 0 Å². The average Bonchev–Trinajstić information content (AvgIpc) is 3.14. The van der Waals surface area contributed by atoms with Gasteiger partial charge in [0.25, 0.3) is 0 Å². The number of hydrogen-bond acceptors (Lipinski definition) is 3. The number of nitrogens with zero attached hydrogens (tertiary/aromatic N) is 2. The second kappa shape index (κ2) is 6.51. The third kappa shape index (κ3) is 2.67.